The Labute approximate surface area is 164 Å². The Morgan fingerprint density at radius 2 is 1.96 bits per heavy atom. The molecule has 0 radical (unpaired) electrons. The minimum absolute atomic E-state index is 0.112. The zero-order valence-electron chi connectivity index (χ0n) is 15.9. The van der Waals surface area contributed by atoms with Crippen LogP contribution in [0.5, 0.6) is 0 Å². The highest BCUT2D eigenvalue weighted by molar-refractivity contribution is 7.13. The van der Waals surface area contributed by atoms with Gasteiger partial charge in [0.15, 0.2) is 0 Å². The lowest BCUT2D eigenvalue weighted by Crippen LogP contribution is -2.56. The first kappa shape index (κ1) is 17.4. The van der Waals surface area contributed by atoms with Crippen LogP contribution >= 0.6 is 11.3 Å². The summed E-state index contributed by atoms with van der Waals surface area (Å²) < 4.78 is 0. The van der Waals surface area contributed by atoms with Crippen molar-refractivity contribution < 1.29 is 4.79 Å². The van der Waals surface area contributed by atoms with Crippen molar-refractivity contribution >= 4 is 17.2 Å². The number of thiazole rings is 1. The van der Waals surface area contributed by atoms with Crippen molar-refractivity contribution in [3.63, 3.8) is 0 Å². The second-order valence-corrected chi connectivity index (χ2v) is 9.99. The van der Waals surface area contributed by atoms with E-state index in [9.17, 15) is 4.79 Å². The molecule has 0 saturated heterocycles. The third kappa shape index (κ3) is 3.31. The molecule has 1 amide bonds. The first-order valence-corrected chi connectivity index (χ1v) is 11.1. The molecule has 0 spiro atoms. The summed E-state index contributed by atoms with van der Waals surface area (Å²) in [5.74, 6) is 2.85. The normalized spacial score (nSPS) is 32.4. The number of aromatic nitrogens is 2. The van der Waals surface area contributed by atoms with E-state index in [0.29, 0.717) is 11.8 Å². The number of amides is 1. The van der Waals surface area contributed by atoms with Crippen molar-refractivity contribution in [2.75, 3.05) is 0 Å². The van der Waals surface area contributed by atoms with E-state index >= 15 is 0 Å². The van der Waals surface area contributed by atoms with Crippen LogP contribution in [0, 0.1) is 23.2 Å². The Hall–Kier alpha value is -1.75. The second kappa shape index (κ2) is 6.69. The van der Waals surface area contributed by atoms with Gasteiger partial charge in [-0.3, -0.25) is 9.78 Å². The lowest BCUT2D eigenvalue weighted by Gasteiger charge is -2.59. The van der Waals surface area contributed by atoms with Crippen LogP contribution in [0.2, 0.25) is 0 Å². The van der Waals surface area contributed by atoms with Gasteiger partial charge < -0.3 is 5.32 Å². The molecule has 1 N–H and O–H groups in total. The third-order valence-corrected chi connectivity index (χ3v) is 8.12. The van der Waals surface area contributed by atoms with E-state index in [1.807, 2.05) is 23.7 Å². The topological polar surface area (TPSA) is 54.9 Å². The molecule has 0 aliphatic heterocycles. The maximum Gasteiger partial charge on any atom is 0.226 e. The van der Waals surface area contributed by atoms with Gasteiger partial charge in [0.2, 0.25) is 5.91 Å². The van der Waals surface area contributed by atoms with E-state index in [2.05, 4.69) is 22.2 Å². The van der Waals surface area contributed by atoms with Gasteiger partial charge in [0, 0.05) is 29.4 Å². The van der Waals surface area contributed by atoms with Gasteiger partial charge in [-0.25, -0.2) is 4.98 Å². The van der Waals surface area contributed by atoms with E-state index in [-0.39, 0.29) is 11.9 Å². The molecule has 4 fully saturated rings. The molecule has 2 aromatic heterocycles. The molecule has 4 aliphatic rings. The van der Waals surface area contributed by atoms with Crippen LogP contribution in [0.3, 0.4) is 0 Å². The van der Waals surface area contributed by atoms with E-state index in [0.717, 1.165) is 34.0 Å². The highest BCUT2D eigenvalue weighted by Gasteiger charge is 2.53. The predicted octanol–water partition coefficient (Wildman–Crippen LogP) is 4.47. The Bertz CT molecular complexity index is 796. The van der Waals surface area contributed by atoms with Gasteiger partial charge in [-0.1, -0.05) is 0 Å². The minimum atomic E-state index is 0.112. The minimum Gasteiger partial charge on any atom is -0.353 e. The monoisotopic (exact) mass is 381 g/mol. The van der Waals surface area contributed by atoms with E-state index in [1.54, 1.807) is 17.5 Å². The number of hydrogen-bond acceptors (Lipinski definition) is 4. The highest BCUT2D eigenvalue weighted by Crippen LogP contribution is 2.61. The lowest BCUT2D eigenvalue weighted by molar-refractivity contribution is -0.125. The molecule has 0 aromatic carbocycles. The van der Waals surface area contributed by atoms with Crippen LogP contribution in [-0.4, -0.2) is 21.9 Å². The molecule has 0 unspecified atom stereocenters. The average molecular weight is 382 g/mol. The number of hydrogen-bond donors (Lipinski definition) is 1. The molecular formula is C22H27N3OS. The molecule has 5 heteroatoms. The molecule has 4 saturated carbocycles. The second-order valence-electron chi connectivity index (χ2n) is 9.13. The summed E-state index contributed by atoms with van der Waals surface area (Å²) in [4.78, 5) is 21.5. The van der Waals surface area contributed by atoms with E-state index in [1.165, 1.54) is 38.5 Å². The Morgan fingerprint density at radius 1 is 1.26 bits per heavy atom. The molecular weight excluding hydrogens is 354 g/mol. The van der Waals surface area contributed by atoms with Gasteiger partial charge in [-0.2, -0.15) is 0 Å². The largest absolute Gasteiger partial charge is 0.353 e. The summed E-state index contributed by atoms with van der Waals surface area (Å²) in [5.41, 5.74) is 2.22. The molecule has 142 valence electrons. The molecule has 1 atom stereocenters. The fraction of sp³-hybridized carbons (Fsp3) is 0.591. The van der Waals surface area contributed by atoms with Crippen molar-refractivity contribution in [3.05, 3.63) is 35.6 Å². The Kier molecular flexibility index (Phi) is 4.30. The van der Waals surface area contributed by atoms with Crippen LogP contribution in [0.1, 0.15) is 51.1 Å². The molecule has 4 bridgehead atoms. The van der Waals surface area contributed by atoms with Crippen molar-refractivity contribution in [3.8, 4) is 10.6 Å². The van der Waals surface area contributed by atoms with Crippen molar-refractivity contribution in [1.29, 1.82) is 0 Å². The summed E-state index contributed by atoms with van der Waals surface area (Å²) >= 11 is 1.58. The summed E-state index contributed by atoms with van der Waals surface area (Å²) in [5, 5.41) is 6.28. The zero-order chi connectivity index (χ0) is 18.4. The van der Waals surface area contributed by atoms with Gasteiger partial charge in [0.1, 0.15) is 5.01 Å². The lowest BCUT2D eigenvalue weighted by atomic mass is 9.48. The quantitative estimate of drug-likeness (QED) is 0.831. The fourth-order valence-electron chi connectivity index (χ4n) is 6.33. The zero-order valence-corrected chi connectivity index (χ0v) is 16.7. The van der Waals surface area contributed by atoms with Gasteiger partial charge >= 0.3 is 0 Å². The van der Waals surface area contributed by atoms with Crippen LogP contribution in [0.4, 0.5) is 0 Å². The number of rotatable bonds is 5. The standard InChI is InChI=1S/C22H27N3OS/c1-14(22-9-15-5-16(10-22)7-17(6-15)11-22)24-20(26)8-19-13-27-21(25-19)18-3-2-4-23-12-18/h2-4,12-17H,5-11H2,1H3,(H,24,26)/t14-,15?,16?,17?,22?/m1/s1. The summed E-state index contributed by atoms with van der Waals surface area (Å²) in [6, 6.07) is 4.19. The third-order valence-electron chi connectivity index (χ3n) is 7.18. The van der Waals surface area contributed by atoms with Crippen LogP contribution < -0.4 is 5.32 Å². The van der Waals surface area contributed by atoms with E-state index < -0.39 is 0 Å². The average Bonchev–Trinajstić information content (AvgIpc) is 3.09. The molecule has 27 heavy (non-hydrogen) atoms. The smallest absolute Gasteiger partial charge is 0.226 e. The number of pyridine rings is 1. The van der Waals surface area contributed by atoms with Crippen molar-refractivity contribution in [1.82, 2.24) is 15.3 Å². The van der Waals surface area contributed by atoms with Gasteiger partial charge in [0.25, 0.3) is 0 Å². The molecule has 2 aromatic rings. The van der Waals surface area contributed by atoms with Crippen molar-refractivity contribution in [2.45, 2.75) is 57.9 Å². The van der Waals surface area contributed by atoms with E-state index in [4.69, 9.17) is 0 Å². The summed E-state index contributed by atoms with van der Waals surface area (Å²) in [7, 11) is 0. The first-order valence-electron chi connectivity index (χ1n) is 10.2. The molecule has 4 aliphatic carbocycles. The highest BCUT2D eigenvalue weighted by atomic mass is 32.1. The maximum absolute atomic E-state index is 12.7. The number of carbonyl (C=O) groups excluding carboxylic acids is 1. The molecule has 6 rings (SSSR count). The van der Waals surface area contributed by atoms with Gasteiger partial charge in [-0.15, -0.1) is 11.3 Å². The van der Waals surface area contributed by atoms with Crippen LogP contribution in [0.25, 0.3) is 10.6 Å². The summed E-state index contributed by atoms with van der Waals surface area (Å²) in [6.07, 6.45) is 12.2. The number of nitrogens with one attached hydrogen (secondary N) is 1. The fourth-order valence-corrected chi connectivity index (χ4v) is 7.14. The van der Waals surface area contributed by atoms with Crippen LogP contribution in [0.15, 0.2) is 29.9 Å². The first-order chi connectivity index (χ1) is 13.1. The molecule has 4 nitrogen and oxygen atoms in total. The SMILES string of the molecule is C[C@@H](NC(=O)Cc1csc(-c2cccnc2)n1)C12CC3CC(CC(C3)C1)C2. The van der Waals surface area contributed by atoms with Crippen LogP contribution in [-0.2, 0) is 11.2 Å². The van der Waals surface area contributed by atoms with Gasteiger partial charge in [0.05, 0.1) is 12.1 Å². The predicted molar refractivity (Wildman–Crippen MR) is 107 cm³/mol. The Balaban J connectivity index is 1.23. The number of nitrogens with zero attached hydrogens (tertiary/aromatic N) is 2. The molecule has 2 heterocycles. The maximum atomic E-state index is 12.7. The summed E-state index contributed by atoms with van der Waals surface area (Å²) in [6.45, 7) is 2.24. The Morgan fingerprint density at radius 3 is 2.59 bits per heavy atom. The number of carbonyl (C=O) groups is 1. The van der Waals surface area contributed by atoms with Crippen molar-refractivity contribution in [2.24, 2.45) is 23.2 Å². The van der Waals surface area contributed by atoms with Gasteiger partial charge in [-0.05, 0) is 80.8 Å².